The third-order valence-corrected chi connectivity index (χ3v) is 7.03. The highest BCUT2D eigenvalue weighted by Gasteiger charge is 2.45. The average molecular weight is 502 g/mol. The number of ether oxygens (including phenoxy) is 1. The lowest BCUT2D eigenvalue weighted by molar-refractivity contribution is -0.137. The monoisotopic (exact) mass is 501 g/mol. The molecule has 180 valence electrons. The molecule has 1 aliphatic carbocycles. The average Bonchev–Trinajstić information content (AvgIpc) is 3.42. The molecular weight excluding hydrogens is 483 g/mol. The van der Waals surface area contributed by atoms with Crippen molar-refractivity contribution in [3.63, 3.8) is 0 Å². The van der Waals surface area contributed by atoms with Gasteiger partial charge in [0.25, 0.3) is 5.91 Å². The molecule has 2 aromatic carbocycles. The molecule has 0 spiro atoms. The summed E-state index contributed by atoms with van der Waals surface area (Å²) in [6, 6.07) is 6.38. The lowest BCUT2D eigenvalue weighted by Gasteiger charge is -2.41. The van der Waals surface area contributed by atoms with Gasteiger partial charge in [-0.1, -0.05) is 17.7 Å². The van der Waals surface area contributed by atoms with Crippen molar-refractivity contribution in [2.45, 2.75) is 37.8 Å². The van der Waals surface area contributed by atoms with Gasteiger partial charge in [-0.05, 0) is 42.3 Å². The van der Waals surface area contributed by atoms with Crippen LogP contribution in [-0.2, 0) is 17.3 Å². The highest BCUT2D eigenvalue weighted by molar-refractivity contribution is 6.34. The van der Waals surface area contributed by atoms with Gasteiger partial charge in [0, 0.05) is 13.0 Å². The molecule has 0 radical (unpaired) electrons. The van der Waals surface area contributed by atoms with E-state index in [1.807, 2.05) is 6.92 Å². The largest absolute Gasteiger partial charge is 0.416 e. The predicted octanol–water partition coefficient (Wildman–Crippen LogP) is 4.66. The fourth-order valence-electron chi connectivity index (χ4n) is 5.22. The van der Waals surface area contributed by atoms with E-state index in [1.165, 1.54) is 6.07 Å². The number of benzene rings is 2. The molecule has 7 nitrogen and oxygen atoms in total. The molecule has 0 bridgehead atoms. The van der Waals surface area contributed by atoms with Crippen molar-refractivity contribution >= 4 is 39.9 Å². The SMILES string of the molecule is C[C@H]1CN(C(=O)c2cc3c(cc2Cl)nc(N)c2cncn23)[C@H]2c3ccc(C(F)(F)F)cc3C[C@H]2O1. The summed E-state index contributed by atoms with van der Waals surface area (Å²) >= 11 is 6.54. The number of rotatable bonds is 1. The second kappa shape index (κ2) is 7.56. The topological polar surface area (TPSA) is 85.8 Å². The summed E-state index contributed by atoms with van der Waals surface area (Å²) in [5.74, 6) is -0.0457. The van der Waals surface area contributed by atoms with E-state index in [0.29, 0.717) is 34.1 Å². The van der Waals surface area contributed by atoms with Crippen molar-refractivity contribution in [2.24, 2.45) is 0 Å². The Morgan fingerprint density at radius 1 is 1.23 bits per heavy atom. The van der Waals surface area contributed by atoms with E-state index in [1.54, 1.807) is 34.0 Å². The molecule has 3 atom stereocenters. The summed E-state index contributed by atoms with van der Waals surface area (Å²) in [5.41, 5.74) is 8.47. The third kappa shape index (κ3) is 3.42. The van der Waals surface area contributed by atoms with Crippen molar-refractivity contribution in [3.05, 3.63) is 70.1 Å². The molecule has 11 heteroatoms. The van der Waals surface area contributed by atoms with Crippen LogP contribution in [0.3, 0.4) is 0 Å². The van der Waals surface area contributed by atoms with E-state index in [2.05, 4.69) is 9.97 Å². The van der Waals surface area contributed by atoms with Gasteiger partial charge in [-0.2, -0.15) is 13.2 Å². The Bertz CT molecular complexity index is 1520. The number of imidazole rings is 1. The van der Waals surface area contributed by atoms with Gasteiger partial charge >= 0.3 is 6.18 Å². The first-order valence-electron chi connectivity index (χ1n) is 11.0. The van der Waals surface area contributed by atoms with Crippen LogP contribution in [0.15, 0.2) is 42.9 Å². The Balaban J connectivity index is 1.44. The van der Waals surface area contributed by atoms with Crippen LogP contribution in [0.2, 0.25) is 5.02 Å². The summed E-state index contributed by atoms with van der Waals surface area (Å²) in [6.07, 6.45) is -1.73. The maximum Gasteiger partial charge on any atom is 0.416 e. The molecular formula is C24H19ClF3N5O2. The van der Waals surface area contributed by atoms with E-state index >= 15 is 0 Å². The minimum atomic E-state index is -4.44. The number of hydrogen-bond donors (Lipinski definition) is 1. The first kappa shape index (κ1) is 22.1. The van der Waals surface area contributed by atoms with Gasteiger partial charge in [0.05, 0.1) is 58.0 Å². The van der Waals surface area contributed by atoms with Crippen molar-refractivity contribution in [3.8, 4) is 0 Å². The smallest absolute Gasteiger partial charge is 0.382 e. The summed E-state index contributed by atoms with van der Waals surface area (Å²) in [6.45, 7) is 2.11. The van der Waals surface area contributed by atoms with Crippen molar-refractivity contribution < 1.29 is 22.7 Å². The molecule has 4 aromatic rings. The van der Waals surface area contributed by atoms with Gasteiger partial charge in [0.2, 0.25) is 0 Å². The third-order valence-electron chi connectivity index (χ3n) is 6.72. The molecule has 1 amide bonds. The normalized spacial score (nSPS) is 22.0. The number of nitrogens with zero attached hydrogens (tertiary/aromatic N) is 4. The Hall–Kier alpha value is -3.37. The molecule has 35 heavy (non-hydrogen) atoms. The van der Waals surface area contributed by atoms with Gasteiger partial charge in [-0.15, -0.1) is 0 Å². The van der Waals surface area contributed by atoms with Crippen LogP contribution in [0, 0.1) is 0 Å². The predicted molar refractivity (Wildman–Crippen MR) is 123 cm³/mol. The number of hydrogen-bond acceptors (Lipinski definition) is 5. The fourth-order valence-corrected chi connectivity index (χ4v) is 5.46. The molecule has 2 aromatic heterocycles. The highest BCUT2D eigenvalue weighted by Crippen LogP contribution is 2.44. The van der Waals surface area contributed by atoms with Gasteiger partial charge in [0.1, 0.15) is 11.3 Å². The van der Waals surface area contributed by atoms with Crippen LogP contribution in [0.5, 0.6) is 0 Å². The molecule has 3 heterocycles. The quantitative estimate of drug-likeness (QED) is 0.410. The van der Waals surface area contributed by atoms with E-state index in [4.69, 9.17) is 22.1 Å². The second-order valence-corrected chi connectivity index (χ2v) is 9.38. The number of halogens is 4. The molecule has 1 aliphatic heterocycles. The molecule has 1 saturated heterocycles. The summed E-state index contributed by atoms with van der Waals surface area (Å²) in [5, 5.41) is 0.204. The number of carbonyl (C=O) groups excluding carboxylic acids is 1. The molecule has 0 saturated carbocycles. The number of aromatic nitrogens is 3. The first-order valence-corrected chi connectivity index (χ1v) is 11.4. The number of alkyl halides is 3. The van der Waals surface area contributed by atoms with Gasteiger partial charge < -0.3 is 15.4 Å². The maximum absolute atomic E-state index is 13.9. The number of nitrogen functional groups attached to an aromatic ring is 1. The minimum absolute atomic E-state index is 0.204. The number of nitrogens with two attached hydrogens (primary N) is 1. The van der Waals surface area contributed by atoms with Crippen molar-refractivity contribution in [1.29, 1.82) is 0 Å². The molecule has 0 unspecified atom stereocenters. The zero-order chi connectivity index (χ0) is 24.6. The van der Waals surface area contributed by atoms with Gasteiger partial charge in [-0.25, -0.2) is 9.97 Å². The summed E-state index contributed by atoms with van der Waals surface area (Å²) in [7, 11) is 0. The first-order chi connectivity index (χ1) is 16.6. The van der Waals surface area contributed by atoms with Gasteiger partial charge in [-0.3, -0.25) is 9.20 Å². The lowest BCUT2D eigenvalue weighted by Crippen LogP contribution is -2.50. The van der Waals surface area contributed by atoms with Crippen LogP contribution in [0.25, 0.3) is 16.6 Å². The van der Waals surface area contributed by atoms with E-state index in [9.17, 15) is 18.0 Å². The van der Waals surface area contributed by atoms with Crippen LogP contribution in [0.4, 0.5) is 19.0 Å². The summed E-state index contributed by atoms with van der Waals surface area (Å²) in [4.78, 5) is 24.0. The Kier molecular flexibility index (Phi) is 4.78. The zero-order valence-electron chi connectivity index (χ0n) is 18.4. The van der Waals surface area contributed by atoms with Crippen LogP contribution < -0.4 is 5.73 Å². The highest BCUT2D eigenvalue weighted by atomic mass is 35.5. The number of fused-ring (bicyclic) bond motifs is 6. The minimum Gasteiger partial charge on any atom is -0.382 e. The molecule has 2 N–H and O–H groups in total. The number of anilines is 1. The fraction of sp³-hybridized carbons (Fsp3) is 0.292. The van der Waals surface area contributed by atoms with E-state index in [0.717, 1.165) is 12.1 Å². The van der Waals surface area contributed by atoms with Crippen molar-refractivity contribution in [1.82, 2.24) is 19.3 Å². The van der Waals surface area contributed by atoms with Gasteiger partial charge in [0.15, 0.2) is 0 Å². The number of morpholine rings is 1. The van der Waals surface area contributed by atoms with Crippen LogP contribution >= 0.6 is 11.6 Å². The lowest BCUT2D eigenvalue weighted by atomic mass is 10.0. The van der Waals surface area contributed by atoms with Crippen molar-refractivity contribution in [2.75, 3.05) is 12.3 Å². The Labute approximate surface area is 202 Å². The van der Waals surface area contributed by atoms with Crippen LogP contribution in [-0.4, -0.2) is 43.9 Å². The Morgan fingerprint density at radius 3 is 2.80 bits per heavy atom. The number of amides is 1. The number of carbonyl (C=O) groups is 1. The molecule has 6 rings (SSSR count). The van der Waals surface area contributed by atoms with Crippen LogP contribution in [0.1, 0.15) is 40.0 Å². The summed E-state index contributed by atoms with van der Waals surface area (Å²) < 4.78 is 47.6. The standard InChI is InChI=1S/C24H19ClF3N5O2/c1-11-9-32(21-14-3-2-13(24(26,27)28)4-12(14)5-20(21)35-11)23(34)15-6-18-17(7-16(15)25)31-22(29)19-8-30-10-33(18)19/h2-4,6-8,10-11,20-21H,5,9H2,1H3,(H2,29,31)/t11-,20+,21-/m0/s1. The van der Waals surface area contributed by atoms with E-state index in [-0.39, 0.29) is 35.0 Å². The zero-order valence-corrected chi connectivity index (χ0v) is 19.1. The van der Waals surface area contributed by atoms with E-state index < -0.39 is 23.9 Å². The maximum atomic E-state index is 13.9. The molecule has 2 aliphatic rings. The Morgan fingerprint density at radius 2 is 2.03 bits per heavy atom. The molecule has 1 fully saturated rings. The second-order valence-electron chi connectivity index (χ2n) is 8.97.